The fourth-order valence-electron chi connectivity index (χ4n) is 2.00. The zero-order chi connectivity index (χ0) is 10.4. The molecule has 1 fully saturated rings. The van der Waals surface area contributed by atoms with E-state index in [4.69, 9.17) is 11.5 Å². The maximum absolute atomic E-state index is 11.1. The van der Waals surface area contributed by atoms with Gasteiger partial charge >= 0.3 is 0 Å². The van der Waals surface area contributed by atoms with Gasteiger partial charge in [0.25, 0.3) is 0 Å². The SMILES string of the molecule is NC(N)=NC(=O)CCC1CCCCC1. The van der Waals surface area contributed by atoms with E-state index in [1.807, 2.05) is 0 Å². The second-order valence-corrected chi connectivity index (χ2v) is 3.97. The average Bonchev–Trinajstić information content (AvgIpc) is 2.15. The van der Waals surface area contributed by atoms with Crippen molar-refractivity contribution in [3.63, 3.8) is 0 Å². The van der Waals surface area contributed by atoms with Gasteiger partial charge in [-0.2, -0.15) is 4.99 Å². The van der Waals surface area contributed by atoms with Crippen molar-refractivity contribution in [1.82, 2.24) is 0 Å². The third-order valence-corrected chi connectivity index (χ3v) is 2.74. The maximum atomic E-state index is 11.1. The Labute approximate surface area is 84.8 Å². The summed E-state index contributed by atoms with van der Waals surface area (Å²) in [5, 5.41) is 0. The molecule has 0 aromatic rings. The van der Waals surface area contributed by atoms with Crippen LogP contribution in [0.3, 0.4) is 0 Å². The summed E-state index contributed by atoms with van der Waals surface area (Å²) in [4.78, 5) is 14.6. The van der Waals surface area contributed by atoms with Crippen LogP contribution >= 0.6 is 0 Å². The topological polar surface area (TPSA) is 81.5 Å². The molecule has 80 valence electrons. The Morgan fingerprint density at radius 2 is 1.86 bits per heavy atom. The minimum absolute atomic E-state index is 0.126. The molecule has 14 heavy (non-hydrogen) atoms. The van der Waals surface area contributed by atoms with Crippen molar-refractivity contribution in [2.24, 2.45) is 22.4 Å². The van der Waals surface area contributed by atoms with E-state index in [9.17, 15) is 4.79 Å². The molecule has 1 saturated carbocycles. The molecule has 0 heterocycles. The van der Waals surface area contributed by atoms with E-state index in [0.717, 1.165) is 6.42 Å². The predicted molar refractivity (Wildman–Crippen MR) is 56.6 cm³/mol. The highest BCUT2D eigenvalue weighted by molar-refractivity contribution is 5.91. The molecule has 4 N–H and O–H groups in total. The number of nitrogens with two attached hydrogens (primary N) is 2. The summed E-state index contributed by atoms with van der Waals surface area (Å²) in [6.45, 7) is 0. The van der Waals surface area contributed by atoms with Crippen LogP contribution in [-0.4, -0.2) is 11.9 Å². The Bertz CT molecular complexity index is 215. The van der Waals surface area contributed by atoms with E-state index in [0.29, 0.717) is 12.3 Å². The molecular formula is C10H19N3O. The molecule has 0 aromatic carbocycles. The fourth-order valence-corrected chi connectivity index (χ4v) is 2.00. The Kier molecular flexibility index (Phi) is 4.43. The third kappa shape index (κ3) is 4.25. The summed E-state index contributed by atoms with van der Waals surface area (Å²) in [5.41, 5.74) is 10.2. The second kappa shape index (κ2) is 5.62. The minimum atomic E-state index is -0.185. The molecule has 0 radical (unpaired) electrons. The molecule has 4 nitrogen and oxygen atoms in total. The van der Waals surface area contributed by atoms with Gasteiger partial charge in [0.15, 0.2) is 5.96 Å². The van der Waals surface area contributed by atoms with E-state index in [1.54, 1.807) is 0 Å². The first kappa shape index (κ1) is 11.0. The first-order valence-corrected chi connectivity index (χ1v) is 5.31. The van der Waals surface area contributed by atoms with Crippen LogP contribution in [0.5, 0.6) is 0 Å². The summed E-state index contributed by atoms with van der Waals surface area (Å²) in [6, 6.07) is 0. The molecule has 4 heteroatoms. The fraction of sp³-hybridized carbons (Fsp3) is 0.800. The van der Waals surface area contributed by atoms with Crippen LogP contribution in [0.25, 0.3) is 0 Å². The summed E-state index contributed by atoms with van der Waals surface area (Å²) in [5.74, 6) is 0.399. The van der Waals surface area contributed by atoms with E-state index in [1.165, 1.54) is 32.1 Å². The zero-order valence-electron chi connectivity index (χ0n) is 8.54. The number of amides is 1. The molecule has 0 bridgehead atoms. The maximum Gasteiger partial charge on any atom is 0.248 e. The van der Waals surface area contributed by atoms with Crippen LogP contribution in [0.15, 0.2) is 4.99 Å². The number of rotatable bonds is 3. The molecule has 0 spiro atoms. The van der Waals surface area contributed by atoms with Crippen LogP contribution in [0, 0.1) is 5.92 Å². The summed E-state index contributed by atoms with van der Waals surface area (Å²) in [6.07, 6.45) is 7.91. The zero-order valence-corrected chi connectivity index (χ0v) is 8.54. The molecule has 1 aliphatic rings. The number of carbonyl (C=O) groups is 1. The van der Waals surface area contributed by atoms with Gasteiger partial charge < -0.3 is 11.5 Å². The first-order chi connectivity index (χ1) is 6.68. The molecule has 1 rings (SSSR count). The van der Waals surface area contributed by atoms with Crippen molar-refractivity contribution in [2.75, 3.05) is 0 Å². The monoisotopic (exact) mass is 197 g/mol. The summed E-state index contributed by atoms with van der Waals surface area (Å²) in [7, 11) is 0. The van der Waals surface area contributed by atoms with Gasteiger partial charge in [0.1, 0.15) is 0 Å². The highest BCUT2D eigenvalue weighted by atomic mass is 16.1. The quantitative estimate of drug-likeness (QED) is 0.526. The van der Waals surface area contributed by atoms with E-state index < -0.39 is 0 Å². The lowest BCUT2D eigenvalue weighted by atomic mass is 9.86. The van der Waals surface area contributed by atoms with Crippen molar-refractivity contribution in [3.05, 3.63) is 0 Å². The van der Waals surface area contributed by atoms with Crippen LogP contribution in [0.4, 0.5) is 0 Å². The van der Waals surface area contributed by atoms with E-state index >= 15 is 0 Å². The largest absolute Gasteiger partial charge is 0.370 e. The van der Waals surface area contributed by atoms with Gasteiger partial charge in [-0.25, -0.2) is 0 Å². The first-order valence-electron chi connectivity index (χ1n) is 5.31. The van der Waals surface area contributed by atoms with Crippen LogP contribution in [0.1, 0.15) is 44.9 Å². The van der Waals surface area contributed by atoms with Crippen molar-refractivity contribution >= 4 is 11.9 Å². The highest BCUT2D eigenvalue weighted by Crippen LogP contribution is 2.27. The van der Waals surface area contributed by atoms with Crippen LogP contribution < -0.4 is 11.5 Å². The lowest BCUT2D eigenvalue weighted by molar-refractivity contribution is -0.118. The number of hydrogen-bond donors (Lipinski definition) is 2. The lowest BCUT2D eigenvalue weighted by Gasteiger charge is -2.20. The number of guanidine groups is 1. The predicted octanol–water partition coefficient (Wildman–Crippen LogP) is 1.15. The smallest absolute Gasteiger partial charge is 0.248 e. The molecule has 0 atom stereocenters. The highest BCUT2D eigenvalue weighted by Gasteiger charge is 2.14. The van der Waals surface area contributed by atoms with E-state index in [2.05, 4.69) is 4.99 Å². The number of hydrogen-bond acceptors (Lipinski definition) is 1. The van der Waals surface area contributed by atoms with Gasteiger partial charge in [-0.3, -0.25) is 4.79 Å². The van der Waals surface area contributed by atoms with Crippen molar-refractivity contribution in [2.45, 2.75) is 44.9 Å². The van der Waals surface area contributed by atoms with Crippen molar-refractivity contribution < 1.29 is 4.79 Å². The average molecular weight is 197 g/mol. The van der Waals surface area contributed by atoms with Gasteiger partial charge in [0.05, 0.1) is 0 Å². The summed E-state index contributed by atoms with van der Waals surface area (Å²) >= 11 is 0. The van der Waals surface area contributed by atoms with Crippen LogP contribution in [-0.2, 0) is 4.79 Å². The Hall–Kier alpha value is -1.06. The molecular weight excluding hydrogens is 178 g/mol. The van der Waals surface area contributed by atoms with Gasteiger partial charge in [0, 0.05) is 6.42 Å². The standard InChI is InChI=1S/C10H19N3O/c11-10(12)13-9(14)7-6-8-4-2-1-3-5-8/h8H,1-7H2,(H4,11,12,13,14). The van der Waals surface area contributed by atoms with Gasteiger partial charge in [0.2, 0.25) is 5.91 Å². The number of carbonyl (C=O) groups excluding carboxylic acids is 1. The summed E-state index contributed by atoms with van der Waals surface area (Å²) < 4.78 is 0. The Morgan fingerprint density at radius 1 is 1.21 bits per heavy atom. The Morgan fingerprint density at radius 3 is 2.43 bits per heavy atom. The molecule has 1 amide bonds. The normalized spacial score (nSPS) is 17.7. The molecule has 1 aliphatic carbocycles. The number of nitrogens with zero attached hydrogens (tertiary/aromatic N) is 1. The van der Waals surface area contributed by atoms with Gasteiger partial charge in [-0.1, -0.05) is 32.1 Å². The van der Waals surface area contributed by atoms with E-state index in [-0.39, 0.29) is 11.9 Å². The van der Waals surface area contributed by atoms with Crippen LogP contribution in [0.2, 0.25) is 0 Å². The van der Waals surface area contributed by atoms with Crippen molar-refractivity contribution in [3.8, 4) is 0 Å². The second-order valence-electron chi connectivity index (χ2n) is 3.97. The molecule has 0 aromatic heterocycles. The lowest BCUT2D eigenvalue weighted by Crippen LogP contribution is -2.24. The number of aliphatic imine (C=N–C) groups is 1. The van der Waals surface area contributed by atoms with Crippen molar-refractivity contribution in [1.29, 1.82) is 0 Å². The third-order valence-electron chi connectivity index (χ3n) is 2.74. The molecule has 0 unspecified atom stereocenters. The van der Waals surface area contributed by atoms with Gasteiger partial charge in [-0.15, -0.1) is 0 Å². The van der Waals surface area contributed by atoms with Gasteiger partial charge in [-0.05, 0) is 12.3 Å². The Balaban J connectivity index is 2.19. The molecule has 0 aliphatic heterocycles. The molecule has 0 saturated heterocycles. The minimum Gasteiger partial charge on any atom is -0.370 e.